The van der Waals surface area contributed by atoms with Crippen molar-refractivity contribution in [1.82, 2.24) is 10.6 Å². The minimum absolute atomic E-state index is 0.00410. The molecule has 1 aromatic rings. The summed E-state index contributed by atoms with van der Waals surface area (Å²) in [5, 5.41) is 5.53. The summed E-state index contributed by atoms with van der Waals surface area (Å²) in [6, 6.07) is 6.37. The lowest BCUT2D eigenvalue weighted by Gasteiger charge is -2.20. The standard InChI is InChI=1S/C29H40IN3O7/c1-4-8-21(19-23(34)16-17-24(31)28(37)39-2)27(36)33-25(29(38)40-3)10-5-6-18-32-26(35)11-7-9-20-12-14-22(30)15-13-20/h1,12-15,21,24-25H,5-11,16-19,31H2,2-3H3,(H,32,35)(H,33,36). The van der Waals surface area contributed by atoms with E-state index >= 15 is 0 Å². The molecule has 220 valence electrons. The van der Waals surface area contributed by atoms with Gasteiger partial charge in [0.2, 0.25) is 11.8 Å². The highest BCUT2D eigenvalue weighted by molar-refractivity contribution is 14.1. The van der Waals surface area contributed by atoms with Gasteiger partial charge < -0.3 is 25.8 Å². The Balaban J connectivity index is 2.45. The molecule has 0 fully saturated rings. The summed E-state index contributed by atoms with van der Waals surface area (Å²) >= 11 is 2.25. The molecule has 0 saturated carbocycles. The molecule has 3 unspecified atom stereocenters. The van der Waals surface area contributed by atoms with Crippen LogP contribution in [0.3, 0.4) is 0 Å². The van der Waals surface area contributed by atoms with Crippen molar-refractivity contribution < 1.29 is 33.4 Å². The fourth-order valence-corrected chi connectivity index (χ4v) is 4.30. The summed E-state index contributed by atoms with van der Waals surface area (Å²) in [7, 11) is 2.44. The van der Waals surface area contributed by atoms with Crippen molar-refractivity contribution in [2.45, 2.75) is 76.3 Å². The van der Waals surface area contributed by atoms with Gasteiger partial charge in [-0.3, -0.25) is 19.2 Å². The molecule has 0 aliphatic heterocycles. The molecule has 1 rings (SSSR count). The maximum absolute atomic E-state index is 12.9. The number of nitrogens with one attached hydrogen (secondary N) is 2. The number of methoxy groups -OCH3 is 2. The van der Waals surface area contributed by atoms with Gasteiger partial charge in [-0.2, -0.15) is 0 Å². The van der Waals surface area contributed by atoms with Crippen molar-refractivity contribution in [3.05, 3.63) is 33.4 Å². The van der Waals surface area contributed by atoms with E-state index in [1.54, 1.807) is 0 Å². The average molecular weight is 670 g/mol. The number of hydrogen-bond acceptors (Lipinski definition) is 8. The molecule has 0 aliphatic rings. The van der Waals surface area contributed by atoms with Crippen LogP contribution in [-0.4, -0.2) is 62.4 Å². The molecule has 0 aliphatic carbocycles. The molecule has 0 aromatic heterocycles. The van der Waals surface area contributed by atoms with Crippen LogP contribution in [0.4, 0.5) is 0 Å². The maximum Gasteiger partial charge on any atom is 0.328 e. The van der Waals surface area contributed by atoms with E-state index in [1.807, 2.05) is 12.1 Å². The number of carbonyl (C=O) groups is 5. The molecule has 0 bridgehead atoms. The lowest BCUT2D eigenvalue weighted by molar-refractivity contribution is -0.146. The second kappa shape index (κ2) is 20.0. The molecule has 0 heterocycles. The molecule has 10 nitrogen and oxygen atoms in total. The van der Waals surface area contributed by atoms with Gasteiger partial charge in [0.15, 0.2) is 0 Å². The monoisotopic (exact) mass is 669 g/mol. The first-order valence-corrected chi connectivity index (χ1v) is 14.4. The Morgan fingerprint density at radius 2 is 1.65 bits per heavy atom. The summed E-state index contributed by atoms with van der Waals surface area (Å²) in [5.74, 6) is -0.511. The maximum atomic E-state index is 12.9. The molecule has 0 saturated heterocycles. The van der Waals surface area contributed by atoms with Gasteiger partial charge in [0.25, 0.3) is 0 Å². The van der Waals surface area contributed by atoms with Gasteiger partial charge in [-0.05, 0) is 78.8 Å². The van der Waals surface area contributed by atoms with Gasteiger partial charge in [0.05, 0.1) is 20.1 Å². The fourth-order valence-electron chi connectivity index (χ4n) is 3.94. The van der Waals surface area contributed by atoms with Gasteiger partial charge >= 0.3 is 11.9 Å². The van der Waals surface area contributed by atoms with Crippen LogP contribution in [0.15, 0.2) is 24.3 Å². The van der Waals surface area contributed by atoms with Gasteiger partial charge in [-0.25, -0.2) is 4.79 Å². The second-order valence-electron chi connectivity index (χ2n) is 9.43. The number of benzene rings is 1. The van der Waals surface area contributed by atoms with E-state index in [-0.39, 0.29) is 37.4 Å². The molecule has 4 N–H and O–H groups in total. The van der Waals surface area contributed by atoms with Crippen molar-refractivity contribution in [3.8, 4) is 12.3 Å². The third-order valence-electron chi connectivity index (χ3n) is 6.27. The van der Waals surface area contributed by atoms with Crippen LogP contribution in [0.5, 0.6) is 0 Å². The molecule has 2 amide bonds. The number of esters is 2. The highest BCUT2D eigenvalue weighted by Crippen LogP contribution is 2.14. The molecule has 0 spiro atoms. The van der Waals surface area contributed by atoms with Crippen LogP contribution in [0.25, 0.3) is 0 Å². The highest BCUT2D eigenvalue weighted by Gasteiger charge is 2.27. The number of amides is 2. The number of hydrogen-bond donors (Lipinski definition) is 3. The van der Waals surface area contributed by atoms with Crippen LogP contribution in [0, 0.1) is 21.8 Å². The van der Waals surface area contributed by atoms with Crippen molar-refractivity contribution in [1.29, 1.82) is 0 Å². The number of halogens is 1. The summed E-state index contributed by atoms with van der Waals surface area (Å²) in [5.41, 5.74) is 6.85. The molecular formula is C29H40IN3O7. The molecular weight excluding hydrogens is 629 g/mol. The van der Waals surface area contributed by atoms with E-state index < -0.39 is 35.8 Å². The zero-order valence-electron chi connectivity index (χ0n) is 23.2. The van der Waals surface area contributed by atoms with Crippen molar-refractivity contribution in [2.75, 3.05) is 20.8 Å². The van der Waals surface area contributed by atoms with Crippen LogP contribution in [0.2, 0.25) is 0 Å². The Morgan fingerprint density at radius 3 is 2.27 bits per heavy atom. The molecule has 1 aromatic carbocycles. The Labute approximate surface area is 250 Å². The molecule has 40 heavy (non-hydrogen) atoms. The third kappa shape index (κ3) is 14.4. The van der Waals surface area contributed by atoms with E-state index in [0.29, 0.717) is 32.2 Å². The van der Waals surface area contributed by atoms with Crippen LogP contribution in [0.1, 0.15) is 63.4 Å². The predicted octanol–water partition coefficient (Wildman–Crippen LogP) is 2.44. The first kappa shape index (κ1) is 35.0. The normalized spacial score (nSPS) is 12.8. The molecule has 0 radical (unpaired) electrons. The third-order valence-corrected chi connectivity index (χ3v) is 6.99. The average Bonchev–Trinajstić information content (AvgIpc) is 2.94. The zero-order valence-corrected chi connectivity index (χ0v) is 25.4. The van der Waals surface area contributed by atoms with Gasteiger partial charge in [-0.15, -0.1) is 12.3 Å². The van der Waals surface area contributed by atoms with E-state index in [4.69, 9.17) is 16.9 Å². The van der Waals surface area contributed by atoms with E-state index in [2.05, 4.69) is 56.0 Å². The van der Waals surface area contributed by atoms with Gasteiger partial charge in [0, 0.05) is 35.8 Å². The topological polar surface area (TPSA) is 154 Å². The summed E-state index contributed by atoms with van der Waals surface area (Å²) in [6.45, 7) is 0.451. The smallest absolute Gasteiger partial charge is 0.328 e. The number of ether oxygens (including phenoxy) is 2. The Morgan fingerprint density at radius 1 is 0.975 bits per heavy atom. The highest BCUT2D eigenvalue weighted by atomic mass is 127. The Kier molecular flexibility index (Phi) is 17.5. The Hall–Kier alpha value is -2.98. The second-order valence-corrected chi connectivity index (χ2v) is 10.7. The largest absolute Gasteiger partial charge is 0.468 e. The Bertz CT molecular complexity index is 1020. The zero-order chi connectivity index (χ0) is 29.9. The van der Waals surface area contributed by atoms with E-state index in [9.17, 15) is 24.0 Å². The van der Waals surface area contributed by atoms with Crippen LogP contribution >= 0.6 is 22.6 Å². The first-order valence-electron chi connectivity index (χ1n) is 13.3. The number of ketones is 1. The predicted molar refractivity (Wildman–Crippen MR) is 159 cm³/mol. The fraction of sp³-hybridized carbons (Fsp3) is 0.552. The molecule has 11 heteroatoms. The van der Waals surface area contributed by atoms with Crippen molar-refractivity contribution in [2.24, 2.45) is 11.7 Å². The van der Waals surface area contributed by atoms with Crippen molar-refractivity contribution >= 4 is 52.1 Å². The quantitative estimate of drug-likeness (QED) is 0.0879. The summed E-state index contributed by atoms with van der Waals surface area (Å²) < 4.78 is 10.5. The lowest BCUT2D eigenvalue weighted by atomic mass is 9.94. The molecule has 3 atom stereocenters. The lowest BCUT2D eigenvalue weighted by Crippen LogP contribution is -2.44. The number of Topliss-reactive ketones (excluding diaryl/α,β-unsaturated/α-hetero) is 1. The SMILES string of the molecule is C#CCC(CC(=O)CCC(N)C(=O)OC)C(=O)NC(CCCCNC(=O)CCCc1ccc(I)cc1)C(=O)OC. The van der Waals surface area contributed by atoms with Gasteiger partial charge in [-0.1, -0.05) is 12.1 Å². The van der Waals surface area contributed by atoms with Crippen LogP contribution < -0.4 is 16.4 Å². The minimum atomic E-state index is -0.930. The number of terminal acetylenes is 1. The summed E-state index contributed by atoms with van der Waals surface area (Å²) in [4.78, 5) is 61.1. The number of nitrogens with two attached hydrogens (primary N) is 1. The van der Waals surface area contributed by atoms with E-state index in [1.165, 1.54) is 23.4 Å². The number of unbranched alkanes of at least 4 members (excludes halogenated alkanes) is 1. The number of aryl methyl sites for hydroxylation is 1. The van der Waals surface area contributed by atoms with Gasteiger partial charge in [0.1, 0.15) is 17.9 Å². The number of carbonyl (C=O) groups excluding carboxylic acids is 5. The van der Waals surface area contributed by atoms with E-state index in [0.717, 1.165) is 12.8 Å². The van der Waals surface area contributed by atoms with Crippen molar-refractivity contribution in [3.63, 3.8) is 0 Å². The van der Waals surface area contributed by atoms with Crippen LogP contribution in [-0.2, 0) is 39.9 Å². The number of rotatable bonds is 19. The summed E-state index contributed by atoms with van der Waals surface area (Å²) in [6.07, 6.45) is 8.80. The first-order chi connectivity index (χ1) is 19.1. The minimum Gasteiger partial charge on any atom is -0.468 e.